The molecule has 90 valence electrons. The van der Waals surface area contributed by atoms with Gasteiger partial charge in [0.2, 0.25) is 0 Å². The molecule has 2 aromatic rings. The van der Waals surface area contributed by atoms with E-state index >= 15 is 0 Å². The maximum Gasteiger partial charge on any atom is 0.123 e. The van der Waals surface area contributed by atoms with E-state index in [1.54, 1.807) is 12.1 Å². The summed E-state index contributed by atoms with van der Waals surface area (Å²) in [6.45, 7) is 0. The van der Waals surface area contributed by atoms with E-state index < -0.39 is 0 Å². The van der Waals surface area contributed by atoms with Crippen LogP contribution in [0.15, 0.2) is 60.7 Å². The Morgan fingerprint density at radius 2 is 1.61 bits per heavy atom. The first kappa shape index (κ1) is 11.2. The highest BCUT2D eigenvalue weighted by atomic mass is 19.1. The summed E-state index contributed by atoms with van der Waals surface area (Å²) in [5.41, 5.74) is 3.93. The predicted molar refractivity (Wildman–Crippen MR) is 72.8 cm³/mol. The smallest absolute Gasteiger partial charge is 0.123 e. The molecule has 18 heavy (non-hydrogen) atoms. The molecule has 0 saturated heterocycles. The zero-order valence-corrected chi connectivity index (χ0v) is 10.1. The van der Waals surface area contributed by atoms with E-state index in [-0.39, 0.29) is 5.82 Å². The minimum Gasteiger partial charge on any atom is -0.207 e. The van der Waals surface area contributed by atoms with Gasteiger partial charge in [0.1, 0.15) is 5.82 Å². The van der Waals surface area contributed by atoms with Gasteiger partial charge in [-0.15, -0.1) is 0 Å². The highest BCUT2D eigenvalue weighted by Crippen LogP contribution is 2.37. The average Bonchev–Trinajstić information content (AvgIpc) is 2.90. The summed E-state index contributed by atoms with van der Waals surface area (Å²) in [7, 11) is 0. The SMILES string of the molecule is Fc1ccc(C2C=C(c3ccccc3)CC2)cc1. The molecule has 0 amide bonds. The molecule has 0 saturated carbocycles. The van der Waals surface area contributed by atoms with Crippen LogP contribution in [0.25, 0.3) is 5.57 Å². The van der Waals surface area contributed by atoms with Crippen LogP contribution < -0.4 is 0 Å². The molecular formula is C17H15F. The van der Waals surface area contributed by atoms with Gasteiger partial charge >= 0.3 is 0 Å². The number of hydrogen-bond acceptors (Lipinski definition) is 0. The molecule has 0 aliphatic heterocycles. The Morgan fingerprint density at radius 3 is 2.33 bits per heavy atom. The van der Waals surface area contributed by atoms with E-state index in [1.165, 1.54) is 16.7 Å². The van der Waals surface area contributed by atoms with Crippen molar-refractivity contribution >= 4 is 5.57 Å². The third-order valence-electron chi connectivity index (χ3n) is 3.57. The van der Waals surface area contributed by atoms with Crippen LogP contribution in [0.5, 0.6) is 0 Å². The normalized spacial score (nSPS) is 18.7. The van der Waals surface area contributed by atoms with Crippen LogP contribution in [0.3, 0.4) is 0 Å². The summed E-state index contributed by atoms with van der Waals surface area (Å²) in [5.74, 6) is 0.268. The third-order valence-corrected chi connectivity index (χ3v) is 3.57. The van der Waals surface area contributed by atoms with Gasteiger partial charge in [0.25, 0.3) is 0 Å². The summed E-state index contributed by atoms with van der Waals surface area (Å²) in [4.78, 5) is 0. The maximum atomic E-state index is 12.9. The number of allylic oxidation sites excluding steroid dienone is 2. The van der Waals surface area contributed by atoms with Crippen molar-refractivity contribution in [3.63, 3.8) is 0 Å². The Kier molecular flexibility index (Phi) is 2.97. The quantitative estimate of drug-likeness (QED) is 0.705. The van der Waals surface area contributed by atoms with E-state index in [9.17, 15) is 4.39 Å². The van der Waals surface area contributed by atoms with Gasteiger partial charge in [0, 0.05) is 5.92 Å². The van der Waals surface area contributed by atoms with Crippen molar-refractivity contribution in [2.24, 2.45) is 0 Å². The Balaban J connectivity index is 1.85. The molecule has 1 atom stereocenters. The van der Waals surface area contributed by atoms with Crippen molar-refractivity contribution in [1.82, 2.24) is 0 Å². The van der Waals surface area contributed by atoms with E-state index in [4.69, 9.17) is 0 Å². The molecule has 0 radical (unpaired) electrons. The second kappa shape index (κ2) is 4.77. The maximum absolute atomic E-state index is 12.9. The second-order valence-electron chi connectivity index (χ2n) is 4.75. The Morgan fingerprint density at radius 1 is 0.889 bits per heavy atom. The Labute approximate surface area is 107 Å². The number of halogens is 1. The lowest BCUT2D eigenvalue weighted by Crippen LogP contribution is -1.90. The lowest BCUT2D eigenvalue weighted by molar-refractivity contribution is 0.626. The highest BCUT2D eigenvalue weighted by Gasteiger charge is 2.18. The van der Waals surface area contributed by atoms with Crippen molar-refractivity contribution in [2.45, 2.75) is 18.8 Å². The van der Waals surface area contributed by atoms with E-state index in [1.807, 2.05) is 18.2 Å². The fourth-order valence-corrected chi connectivity index (χ4v) is 2.59. The summed E-state index contributed by atoms with van der Waals surface area (Å²) in [6, 6.07) is 17.4. The monoisotopic (exact) mass is 238 g/mol. The molecule has 0 N–H and O–H groups in total. The van der Waals surface area contributed by atoms with Crippen molar-refractivity contribution in [3.8, 4) is 0 Å². The standard InChI is InChI=1S/C17H15F/c18-17-10-8-14(9-11-17)16-7-6-15(12-16)13-4-2-1-3-5-13/h1-5,8-12,16H,6-7H2. The van der Waals surface area contributed by atoms with Crippen LogP contribution >= 0.6 is 0 Å². The zero-order chi connectivity index (χ0) is 12.4. The molecule has 0 spiro atoms. The number of hydrogen-bond donors (Lipinski definition) is 0. The van der Waals surface area contributed by atoms with Gasteiger partial charge in [-0.05, 0) is 41.7 Å². The van der Waals surface area contributed by atoms with Crippen LogP contribution in [0, 0.1) is 5.82 Å². The van der Waals surface area contributed by atoms with E-state index in [0.29, 0.717) is 5.92 Å². The van der Waals surface area contributed by atoms with Crippen LogP contribution in [0.4, 0.5) is 4.39 Å². The minimum atomic E-state index is -0.163. The summed E-state index contributed by atoms with van der Waals surface area (Å²) < 4.78 is 12.9. The molecule has 0 aromatic heterocycles. The van der Waals surface area contributed by atoms with Crippen LogP contribution in [-0.2, 0) is 0 Å². The van der Waals surface area contributed by atoms with Crippen molar-refractivity contribution in [2.75, 3.05) is 0 Å². The number of rotatable bonds is 2. The molecular weight excluding hydrogens is 223 g/mol. The molecule has 0 nitrogen and oxygen atoms in total. The van der Waals surface area contributed by atoms with Crippen LogP contribution in [0.2, 0.25) is 0 Å². The second-order valence-corrected chi connectivity index (χ2v) is 4.75. The molecule has 1 heteroatoms. The lowest BCUT2D eigenvalue weighted by Gasteiger charge is -2.06. The van der Waals surface area contributed by atoms with Gasteiger partial charge in [0.05, 0.1) is 0 Å². The van der Waals surface area contributed by atoms with Gasteiger partial charge in [-0.1, -0.05) is 48.5 Å². The molecule has 0 heterocycles. The molecule has 0 fully saturated rings. The van der Waals surface area contributed by atoms with Crippen LogP contribution in [0.1, 0.15) is 29.9 Å². The summed E-state index contributed by atoms with van der Waals surface area (Å²) >= 11 is 0. The summed E-state index contributed by atoms with van der Waals surface area (Å²) in [6.07, 6.45) is 4.55. The first-order valence-electron chi connectivity index (χ1n) is 6.34. The lowest BCUT2D eigenvalue weighted by atomic mass is 9.99. The van der Waals surface area contributed by atoms with Gasteiger partial charge in [0.15, 0.2) is 0 Å². The zero-order valence-electron chi connectivity index (χ0n) is 10.1. The van der Waals surface area contributed by atoms with Gasteiger partial charge in [-0.3, -0.25) is 0 Å². The molecule has 1 unspecified atom stereocenters. The Hall–Kier alpha value is -1.89. The van der Waals surface area contributed by atoms with E-state index in [2.05, 4.69) is 30.3 Å². The molecule has 2 aromatic carbocycles. The Bertz CT molecular complexity index is 552. The fourth-order valence-electron chi connectivity index (χ4n) is 2.59. The molecule has 3 rings (SSSR count). The van der Waals surface area contributed by atoms with Gasteiger partial charge in [-0.25, -0.2) is 4.39 Å². The van der Waals surface area contributed by atoms with Crippen molar-refractivity contribution < 1.29 is 4.39 Å². The highest BCUT2D eigenvalue weighted by molar-refractivity contribution is 5.68. The van der Waals surface area contributed by atoms with Crippen molar-refractivity contribution in [3.05, 3.63) is 77.6 Å². The number of benzene rings is 2. The molecule has 1 aliphatic rings. The first-order valence-corrected chi connectivity index (χ1v) is 6.34. The average molecular weight is 238 g/mol. The van der Waals surface area contributed by atoms with E-state index in [0.717, 1.165) is 12.8 Å². The van der Waals surface area contributed by atoms with Crippen LogP contribution in [-0.4, -0.2) is 0 Å². The van der Waals surface area contributed by atoms with Crippen molar-refractivity contribution in [1.29, 1.82) is 0 Å². The predicted octanol–water partition coefficient (Wildman–Crippen LogP) is 4.79. The minimum absolute atomic E-state index is 0.163. The van der Waals surface area contributed by atoms with Gasteiger partial charge < -0.3 is 0 Å². The molecule has 1 aliphatic carbocycles. The third kappa shape index (κ3) is 2.21. The topological polar surface area (TPSA) is 0 Å². The fraction of sp³-hybridized carbons (Fsp3) is 0.176. The summed E-state index contributed by atoms with van der Waals surface area (Å²) in [5, 5.41) is 0. The largest absolute Gasteiger partial charge is 0.207 e. The first-order chi connectivity index (χ1) is 8.83. The molecule has 0 bridgehead atoms. The van der Waals surface area contributed by atoms with Gasteiger partial charge in [-0.2, -0.15) is 0 Å².